The average molecular weight is 221 g/mol. The first-order chi connectivity index (χ1) is 7.50. The molecule has 0 aliphatic carbocycles. The van der Waals surface area contributed by atoms with Crippen LogP contribution in [-0.4, -0.2) is 16.8 Å². The molecule has 4 nitrogen and oxygen atoms in total. The molecular weight excluding hydrogens is 202 g/mol. The fourth-order valence-electron chi connectivity index (χ4n) is 1.37. The van der Waals surface area contributed by atoms with Gasteiger partial charge < -0.3 is 11.5 Å². The number of nitrogens with zero attached hydrogens (tertiary/aromatic N) is 1. The van der Waals surface area contributed by atoms with Gasteiger partial charge in [-0.1, -0.05) is 13.8 Å². The molecule has 0 bridgehead atoms. The van der Waals surface area contributed by atoms with E-state index >= 15 is 0 Å². The van der Waals surface area contributed by atoms with Crippen LogP contribution < -0.4 is 11.5 Å². The maximum absolute atomic E-state index is 11.7. The summed E-state index contributed by atoms with van der Waals surface area (Å²) in [6.45, 7) is 4.02. The fraction of sp³-hybridized carbons (Fsp3) is 0.500. The molecule has 0 saturated heterocycles. The van der Waals surface area contributed by atoms with Crippen LogP contribution in [0.4, 0.5) is 5.69 Å². The van der Waals surface area contributed by atoms with E-state index in [4.69, 9.17) is 11.5 Å². The molecule has 1 aromatic rings. The molecule has 0 radical (unpaired) electrons. The van der Waals surface area contributed by atoms with Gasteiger partial charge in [-0.15, -0.1) is 0 Å². The second-order valence-corrected chi connectivity index (χ2v) is 4.40. The lowest BCUT2D eigenvalue weighted by Gasteiger charge is -2.14. The summed E-state index contributed by atoms with van der Waals surface area (Å²) in [6.07, 6.45) is 3.96. The lowest BCUT2D eigenvalue weighted by atomic mass is 9.97. The molecule has 1 unspecified atom stereocenters. The largest absolute Gasteiger partial charge is 0.398 e. The molecule has 1 aromatic heterocycles. The van der Waals surface area contributed by atoms with Crippen LogP contribution in [0.5, 0.6) is 0 Å². The number of nitrogen functional groups attached to an aromatic ring is 1. The number of carbonyl (C=O) groups excluding carboxylic acids is 1. The Hall–Kier alpha value is -1.42. The summed E-state index contributed by atoms with van der Waals surface area (Å²) in [4.78, 5) is 15.7. The number of ketones is 1. The van der Waals surface area contributed by atoms with Crippen LogP contribution in [0.25, 0.3) is 0 Å². The zero-order valence-corrected chi connectivity index (χ0v) is 9.81. The van der Waals surface area contributed by atoms with Crippen LogP contribution in [0.3, 0.4) is 0 Å². The number of carbonyl (C=O) groups is 1. The molecule has 1 heterocycles. The molecule has 0 aromatic carbocycles. The van der Waals surface area contributed by atoms with Gasteiger partial charge in [-0.3, -0.25) is 9.78 Å². The van der Waals surface area contributed by atoms with Crippen LogP contribution in [-0.2, 0) is 11.2 Å². The number of Topliss-reactive ketones (excluding diaryl/α,β-unsaturated/α-hetero) is 1. The van der Waals surface area contributed by atoms with E-state index in [1.54, 1.807) is 18.5 Å². The number of hydrogen-bond acceptors (Lipinski definition) is 4. The smallest absolute Gasteiger partial charge is 0.138 e. The standard InChI is InChI=1S/C12H19N3O/c1-8(2)12(14)6-10(16)5-9-7-15-4-3-11(9)13/h3-4,7-8,12H,5-6,14H2,1-2H3,(H2,13,15). The van der Waals surface area contributed by atoms with Gasteiger partial charge >= 0.3 is 0 Å². The van der Waals surface area contributed by atoms with Crippen LogP contribution in [0, 0.1) is 5.92 Å². The Morgan fingerprint density at radius 1 is 1.50 bits per heavy atom. The van der Waals surface area contributed by atoms with Crippen LogP contribution in [0.15, 0.2) is 18.5 Å². The number of rotatable bonds is 5. The van der Waals surface area contributed by atoms with Crippen molar-refractivity contribution < 1.29 is 4.79 Å². The van der Waals surface area contributed by atoms with Crippen LogP contribution in [0.1, 0.15) is 25.8 Å². The molecule has 4 heteroatoms. The second-order valence-electron chi connectivity index (χ2n) is 4.40. The van der Waals surface area contributed by atoms with Gasteiger partial charge in [-0.2, -0.15) is 0 Å². The van der Waals surface area contributed by atoms with Crippen molar-refractivity contribution in [1.29, 1.82) is 0 Å². The molecule has 0 spiro atoms. The van der Waals surface area contributed by atoms with Crippen molar-refractivity contribution in [3.8, 4) is 0 Å². The first-order valence-corrected chi connectivity index (χ1v) is 5.46. The Morgan fingerprint density at radius 2 is 2.19 bits per heavy atom. The minimum atomic E-state index is -0.0783. The summed E-state index contributed by atoms with van der Waals surface area (Å²) in [5.74, 6) is 0.427. The molecule has 0 aliphatic heterocycles. The highest BCUT2D eigenvalue weighted by atomic mass is 16.1. The number of anilines is 1. The van der Waals surface area contributed by atoms with Crippen molar-refractivity contribution in [2.75, 3.05) is 5.73 Å². The van der Waals surface area contributed by atoms with Crippen molar-refractivity contribution in [1.82, 2.24) is 4.98 Å². The molecule has 0 fully saturated rings. The number of nitrogens with two attached hydrogens (primary N) is 2. The molecule has 1 atom stereocenters. The molecular formula is C12H19N3O. The van der Waals surface area contributed by atoms with E-state index in [2.05, 4.69) is 4.98 Å². The van der Waals surface area contributed by atoms with E-state index < -0.39 is 0 Å². The summed E-state index contributed by atoms with van der Waals surface area (Å²) >= 11 is 0. The van der Waals surface area contributed by atoms with Gasteiger partial charge in [0, 0.05) is 42.5 Å². The number of hydrogen-bond donors (Lipinski definition) is 2. The van der Waals surface area contributed by atoms with E-state index in [0.717, 1.165) is 5.56 Å². The number of aromatic nitrogens is 1. The minimum Gasteiger partial charge on any atom is -0.398 e. The van der Waals surface area contributed by atoms with Gasteiger partial charge in [0.05, 0.1) is 0 Å². The third-order valence-electron chi connectivity index (χ3n) is 2.65. The van der Waals surface area contributed by atoms with Gasteiger partial charge in [0.25, 0.3) is 0 Å². The molecule has 1 rings (SSSR count). The molecule has 0 saturated carbocycles. The normalized spacial score (nSPS) is 12.8. The van der Waals surface area contributed by atoms with Gasteiger partial charge in [0.2, 0.25) is 0 Å². The van der Waals surface area contributed by atoms with Gasteiger partial charge in [-0.05, 0) is 12.0 Å². The SMILES string of the molecule is CC(C)C(N)CC(=O)Cc1cnccc1N. The molecule has 16 heavy (non-hydrogen) atoms. The predicted molar refractivity (Wildman–Crippen MR) is 64.8 cm³/mol. The molecule has 0 amide bonds. The van der Waals surface area contributed by atoms with E-state index in [0.29, 0.717) is 24.4 Å². The zero-order chi connectivity index (χ0) is 12.1. The Morgan fingerprint density at radius 3 is 2.75 bits per heavy atom. The summed E-state index contributed by atoms with van der Waals surface area (Å²) < 4.78 is 0. The summed E-state index contributed by atoms with van der Waals surface area (Å²) in [6, 6.07) is 1.62. The first-order valence-electron chi connectivity index (χ1n) is 5.46. The number of pyridine rings is 1. The zero-order valence-electron chi connectivity index (χ0n) is 9.81. The van der Waals surface area contributed by atoms with Gasteiger partial charge in [-0.25, -0.2) is 0 Å². The summed E-state index contributed by atoms with van der Waals surface area (Å²) in [5, 5.41) is 0. The van der Waals surface area contributed by atoms with E-state index in [-0.39, 0.29) is 11.8 Å². The van der Waals surface area contributed by atoms with Crippen molar-refractivity contribution >= 4 is 11.5 Å². The van der Waals surface area contributed by atoms with Crippen LogP contribution >= 0.6 is 0 Å². The van der Waals surface area contributed by atoms with Crippen molar-refractivity contribution in [3.63, 3.8) is 0 Å². The Labute approximate surface area is 96.0 Å². The molecule has 0 aliphatic rings. The maximum Gasteiger partial charge on any atom is 0.138 e. The lowest BCUT2D eigenvalue weighted by Crippen LogP contribution is -2.29. The monoisotopic (exact) mass is 221 g/mol. The first kappa shape index (κ1) is 12.6. The van der Waals surface area contributed by atoms with E-state index in [1.165, 1.54) is 0 Å². The van der Waals surface area contributed by atoms with E-state index in [9.17, 15) is 4.79 Å². The minimum absolute atomic E-state index is 0.0783. The summed E-state index contributed by atoms with van der Waals surface area (Å²) in [7, 11) is 0. The third-order valence-corrected chi connectivity index (χ3v) is 2.65. The predicted octanol–water partition coefficient (Wildman–Crippen LogP) is 1.15. The third kappa shape index (κ3) is 3.62. The topological polar surface area (TPSA) is 82.0 Å². The van der Waals surface area contributed by atoms with Gasteiger partial charge in [0.15, 0.2) is 0 Å². The molecule has 4 N–H and O–H groups in total. The Bertz CT molecular complexity index is 363. The average Bonchev–Trinajstić information content (AvgIpc) is 2.21. The quantitative estimate of drug-likeness (QED) is 0.781. The molecule has 88 valence electrons. The Kier molecular flexibility index (Phi) is 4.43. The van der Waals surface area contributed by atoms with Crippen molar-refractivity contribution in [3.05, 3.63) is 24.0 Å². The van der Waals surface area contributed by atoms with Gasteiger partial charge in [0.1, 0.15) is 5.78 Å². The Balaban J connectivity index is 2.55. The van der Waals surface area contributed by atoms with Crippen molar-refractivity contribution in [2.45, 2.75) is 32.7 Å². The second kappa shape index (κ2) is 5.61. The van der Waals surface area contributed by atoms with Crippen LogP contribution in [0.2, 0.25) is 0 Å². The highest BCUT2D eigenvalue weighted by Crippen LogP contribution is 2.12. The van der Waals surface area contributed by atoms with Crippen molar-refractivity contribution in [2.24, 2.45) is 11.7 Å². The highest BCUT2D eigenvalue weighted by Gasteiger charge is 2.14. The lowest BCUT2D eigenvalue weighted by molar-refractivity contribution is -0.118. The van der Waals surface area contributed by atoms with E-state index in [1.807, 2.05) is 13.8 Å². The fourth-order valence-corrected chi connectivity index (χ4v) is 1.37. The maximum atomic E-state index is 11.7. The highest BCUT2D eigenvalue weighted by molar-refractivity contribution is 5.82. The summed E-state index contributed by atoms with van der Waals surface area (Å²) in [5.41, 5.74) is 13.0.